The molecule has 0 atom stereocenters. The molecule has 4 N–H and O–H groups in total. The second-order valence-electron chi connectivity index (χ2n) is 14.8. The molecule has 0 radical (unpaired) electrons. The molecule has 0 heterocycles. The number of nitrogens with one attached hydrogen (secondary N) is 2. The van der Waals surface area contributed by atoms with Gasteiger partial charge in [0.25, 0.3) is 11.8 Å². The van der Waals surface area contributed by atoms with Crippen molar-refractivity contribution in [1.29, 1.82) is 0 Å². The van der Waals surface area contributed by atoms with Crippen molar-refractivity contribution in [2.24, 2.45) is 0 Å². The Morgan fingerprint density at radius 3 is 1.24 bits per heavy atom. The zero-order valence-corrected chi connectivity index (χ0v) is 51.0. The first-order valence-electron chi connectivity index (χ1n) is 23.4. The van der Waals surface area contributed by atoms with Gasteiger partial charge in [-0.15, -0.1) is 24.0 Å². The van der Waals surface area contributed by atoms with Crippen LogP contribution >= 0.6 is 35.6 Å². The second kappa shape index (κ2) is 46.9. The van der Waals surface area contributed by atoms with E-state index in [1.165, 1.54) is 59.1 Å². The summed E-state index contributed by atoms with van der Waals surface area (Å²) in [5.41, 5.74) is 0.818. The summed E-state index contributed by atoms with van der Waals surface area (Å²) in [5, 5.41) is 22.3. The maximum Gasteiger partial charge on any atom is 1.00 e. The Kier molecular flexibility index (Phi) is 45.8. The molecule has 0 unspecified atom stereocenters. The molecule has 420 valence electrons. The van der Waals surface area contributed by atoms with E-state index >= 15 is 0 Å². The van der Waals surface area contributed by atoms with Gasteiger partial charge in [-0.05, 0) is 85.8 Å². The summed E-state index contributed by atoms with van der Waals surface area (Å²) < 4.78 is 29.0. The van der Waals surface area contributed by atoms with Crippen molar-refractivity contribution < 1.29 is 139 Å². The molecule has 20 nitrogen and oxygen atoms in total. The van der Waals surface area contributed by atoms with Crippen LogP contribution in [-0.2, 0) is 38.2 Å². The number of allylic oxidation sites excluding steroid dienone is 3. The van der Waals surface area contributed by atoms with Gasteiger partial charge in [0, 0.05) is 53.8 Å². The molecular formula is C55H67ClIKN2O18. The number of ether oxygens (including phenoxy) is 6. The van der Waals surface area contributed by atoms with Crippen molar-refractivity contribution >= 4 is 94.4 Å². The van der Waals surface area contributed by atoms with Gasteiger partial charge in [0.05, 0.1) is 31.3 Å². The van der Waals surface area contributed by atoms with E-state index in [9.17, 15) is 47.9 Å². The Bertz CT molecular complexity index is 2600. The second-order valence-corrected chi connectivity index (χ2v) is 15.3. The fourth-order valence-electron chi connectivity index (χ4n) is 5.35. The summed E-state index contributed by atoms with van der Waals surface area (Å²) in [6.45, 7) is 10.0. The molecule has 0 fully saturated rings. The van der Waals surface area contributed by atoms with E-state index in [0.29, 0.717) is 37.9 Å². The van der Waals surface area contributed by atoms with Gasteiger partial charge in [0.2, 0.25) is 5.24 Å². The first kappa shape index (κ1) is 76.1. The monoisotopic (exact) mass is 1240 g/mol. The van der Waals surface area contributed by atoms with Crippen molar-refractivity contribution in [3.05, 3.63) is 144 Å². The third-order valence-corrected chi connectivity index (χ3v) is 8.70. The Labute approximate surface area is 519 Å². The number of halogens is 2. The molecule has 0 aliphatic carbocycles. The van der Waals surface area contributed by atoms with Gasteiger partial charge in [-0.2, -0.15) is 0 Å². The summed E-state index contributed by atoms with van der Waals surface area (Å²) in [4.78, 5) is 110. The number of carbonyl (C=O) groups excluding carboxylic acids is 9. The van der Waals surface area contributed by atoms with Crippen LogP contribution in [0.2, 0.25) is 0 Å². The van der Waals surface area contributed by atoms with E-state index in [1.807, 2.05) is 26.0 Å². The number of carboxylic acids is 1. The Morgan fingerprint density at radius 1 is 0.538 bits per heavy atom. The number of aliphatic hydroxyl groups is 1. The smallest absolute Gasteiger partial charge is 1.00 e. The average Bonchev–Trinajstić information content (AvgIpc) is 3.37. The minimum absolute atomic E-state index is 0. The third-order valence-electron chi connectivity index (χ3n) is 8.55. The van der Waals surface area contributed by atoms with Crippen LogP contribution in [0.25, 0.3) is 0 Å². The number of hydrogen-bond donors (Lipinski definition) is 4. The molecule has 0 spiro atoms. The SMILES string of the molecule is CC(=O)Oc1ccccc1C(=O)NCCCO.CC(=O)Oc1ccccc1C(=O)O.CC/C=C\CC(=O)Cl.CC/C=C\CC(=O)OCCCNC(=O)c1ccccc1OC(C)=O.COC(=O)c1ccccc1OC(C)=O.I.[H-].[K+]. The molecule has 0 aliphatic rings. The van der Waals surface area contributed by atoms with Gasteiger partial charge in [-0.1, -0.05) is 86.7 Å². The molecule has 4 rings (SSSR count). The quantitative estimate of drug-likeness (QED) is 0.0143. The average molecular weight is 1250 g/mol. The van der Waals surface area contributed by atoms with Crippen molar-refractivity contribution in [1.82, 2.24) is 10.6 Å². The topological polar surface area (TPSA) is 291 Å². The fraction of sp³-hybridized carbons (Fsp3) is 0.309. The maximum atomic E-state index is 12.1. The number of benzene rings is 4. The van der Waals surface area contributed by atoms with Gasteiger partial charge in [-0.25, -0.2) is 9.59 Å². The van der Waals surface area contributed by atoms with E-state index in [4.69, 9.17) is 40.8 Å². The Morgan fingerprint density at radius 2 is 0.885 bits per heavy atom. The van der Waals surface area contributed by atoms with Crippen LogP contribution in [0.1, 0.15) is 123 Å². The predicted octanol–water partition coefficient (Wildman–Crippen LogP) is 5.91. The van der Waals surface area contributed by atoms with Crippen LogP contribution < -0.4 is 81.0 Å². The first-order chi connectivity index (χ1) is 36.2. The molecule has 0 aromatic heterocycles. The molecular weight excluding hydrogens is 1180 g/mol. The molecule has 0 saturated carbocycles. The first-order valence-corrected chi connectivity index (χ1v) is 23.8. The van der Waals surface area contributed by atoms with Crippen LogP contribution in [0.3, 0.4) is 0 Å². The number of para-hydroxylation sites is 4. The van der Waals surface area contributed by atoms with Crippen LogP contribution in [0.5, 0.6) is 23.0 Å². The fourth-order valence-corrected chi connectivity index (χ4v) is 5.44. The van der Waals surface area contributed by atoms with E-state index in [0.717, 1.165) is 12.8 Å². The summed E-state index contributed by atoms with van der Waals surface area (Å²) in [6, 6.07) is 25.4. The maximum absolute atomic E-state index is 12.1. The number of methoxy groups -OCH3 is 1. The van der Waals surface area contributed by atoms with Crippen molar-refractivity contribution in [2.75, 3.05) is 33.4 Å². The summed E-state index contributed by atoms with van der Waals surface area (Å²) in [5.74, 6) is -3.81. The number of hydrogen-bond acceptors (Lipinski definition) is 17. The van der Waals surface area contributed by atoms with Crippen LogP contribution in [0.4, 0.5) is 0 Å². The number of aliphatic hydroxyl groups excluding tert-OH is 1. The third kappa shape index (κ3) is 36.8. The summed E-state index contributed by atoms with van der Waals surface area (Å²) in [7, 11) is 1.27. The molecule has 2 amide bonds. The summed E-state index contributed by atoms with van der Waals surface area (Å²) >= 11 is 5.02. The van der Waals surface area contributed by atoms with E-state index in [-0.39, 0.29) is 159 Å². The van der Waals surface area contributed by atoms with Crippen LogP contribution in [0.15, 0.2) is 121 Å². The van der Waals surface area contributed by atoms with Gasteiger partial charge >= 0.3 is 93.2 Å². The zero-order valence-electron chi connectivity index (χ0n) is 45.8. The largest absolute Gasteiger partial charge is 1.00 e. The van der Waals surface area contributed by atoms with E-state index in [2.05, 4.69) is 20.1 Å². The minimum Gasteiger partial charge on any atom is -1.00 e. The molecule has 0 saturated heterocycles. The minimum atomic E-state index is -1.11. The Balaban J connectivity index is -0.000000458. The molecule has 4 aromatic carbocycles. The standard InChI is InChI=1S/C18H23NO5.C12H15NO4.C10H10O4.C9H8O4.C6H9ClO.HI.K.H/c1-3-4-5-11-17(21)23-13-8-12-19-18(22)15-9-6-7-10-16(15)24-14(2)20;1-9(15)17-11-6-3-2-5-10(11)12(16)13-7-4-8-14;1-7(11)14-9-6-4-3-5-8(9)10(12)13-2;1-6(10)13-8-5-3-2-4-7(8)9(11)12;1-2-3-4-5-6(7)8;;;/h4-7,9-10H,3,8,11-13H2,1-2H3,(H,19,22);2-3,5-6,14H,4,7-8H2,1H3,(H,13,16);3-6H,1-2H3;2-5H,1H3,(H,11,12);3-4H,2,5H2,1H3;1H;;/q;;;;;;+1;-1/b5-4-;;;;4-3-;;;. The predicted molar refractivity (Wildman–Crippen MR) is 297 cm³/mol. The van der Waals surface area contributed by atoms with Gasteiger partial charge in [-0.3, -0.25) is 38.4 Å². The van der Waals surface area contributed by atoms with Gasteiger partial charge in [0.1, 0.15) is 34.1 Å². The Hall–Kier alpha value is -6.12. The molecule has 23 heteroatoms. The van der Waals surface area contributed by atoms with Crippen molar-refractivity contribution in [2.45, 2.75) is 80.1 Å². The molecule has 4 aromatic rings. The normalized spacial score (nSPS) is 9.60. The van der Waals surface area contributed by atoms with Crippen LogP contribution in [0, 0.1) is 0 Å². The van der Waals surface area contributed by atoms with E-state index < -0.39 is 35.8 Å². The van der Waals surface area contributed by atoms with Gasteiger partial charge in [0.15, 0.2) is 0 Å². The molecule has 0 aliphatic heterocycles. The molecule has 78 heavy (non-hydrogen) atoms. The zero-order chi connectivity index (χ0) is 57.3. The number of carbonyl (C=O) groups is 10. The number of rotatable bonds is 21. The molecule has 0 bridgehead atoms. The number of aromatic carboxylic acids is 1. The number of carboxylic acid groups (broad SMARTS) is 1. The van der Waals surface area contributed by atoms with Crippen LogP contribution in [-0.4, -0.2) is 102 Å². The number of amides is 2. The number of esters is 6. The van der Waals surface area contributed by atoms with Crippen molar-refractivity contribution in [3.8, 4) is 23.0 Å². The summed E-state index contributed by atoms with van der Waals surface area (Å²) in [6.07, 6.45) is 10.8. The van der Waals surface area contributed by atoms with E-state index in [1.54, 1.807) is 84.9 Å². The van der Waals surface area contributed by atoms with Gasteiger partial charge < -0.3 is 50.7 Å². The van der Waals surface area contributed by atoms with Crippen molar-refractivity contribution in [3.63, 3.8) is 0 Å².